The number of aryl methyl sites for hydroxylation is 4. The van der Waals surface area contributed by atoms with Gasteiger partial charge in [0.1, 0.15) is 0 Å². The Kier molecular flexibility index (Phi) is 19.1. The Morgan fingerprint density at radius 1 is 0.452 bits per heavy atom. The summed E-state index contributed by atoms with van der Waals surface area (Å²) in [5.74, 6) is 0. The Balaban J connectivity index is 2.43. The summed E-state index contributed by atoms with van der Waals surface area (Å²) < 4.78 is 0. The Bertz CT molecular complexity index is 1040. The minimum absolute atomic E-state index is 1.00. The van der Waals surface area contributed by atoms with Gasteiger partial charge in [-0.1, -0.05) is 118 Å². The molecule has 2 aromatic rings. The van der Waals surface area contributed by atoms with Crippen LogP contribution in [0.15, 0.2) is 46.4 Å². The molecule has 234 valence electrons. The predicted molar refractivity (Wildman–Crippen MR) is 190 cm³/mol. The highest BCUT2D eigenvalue weighted by Gasteiger charge is 2.13. The van der Waals surface area contributed by atoms with Gasteiger partial charge in [-0.25, -0.2) is 0 Å². The minimum Gasteiger partial charge on any atom is -0.252 e. The van der Waals surface area contributed by atoms with Crippen LogP contribution in [0.1, 0.15) is 167 Å². The van der Waals surface area contributed by atoms with Crippen LogP contribution < -0.4 is 0 Å². The summed E-state index contributed by atoms with van der Waals surface area (Å²) in [4.78, 5) is 10.8. The SMILES string of the molecule is CCCCCCCCCCC(=Nc1cc(CC)cc(CC)c1)C(CCCC)=Nc1ccc(CCCC)c(CCCC)c1. The van der Waals surface area contributed by atoms with Crippen molar-refractivity contribution in [3.63, 3.8) is 0 Å². The van der Waals surface area contributed by atoms with Crippen LogP contribution in [0.5, 0.6) is 0 Å². The first-order valence-electron chi connectivity index (χ1n) is 18.0. The third-order valence-corrected chi connectivity index (χ3v) is 8.54. The van der Waals surface area contributed by atoms with Gasteiger partial charge in [0.05, 0.1) is 22.8 Å². The van der Waals surface area contributed by atoms with Gasteiger partial charge < -0.3 is 0 Å². The van der Waals surface area contributed by atoms with Crippen LogP contribution in [0.3, 0.4) is 0 Å². The zero-order chi connectivity index (χ0) is 30.4. The van der Waals surface area contributed by atoms with Gasteiger partial charge in [-0.2, -0.15) is 0 Å². The van der Waals surface area contributed by atoms with Crippen molar-refractivity contribution in [1.29, 1.82) is 0 Å². The fourth-order valence-electron chi connectivity index (χ4n) is 5.72. The van der Waals surface area contributed by atoms with Gasteiger partial charge in [-0.3, -0.25) is 9.98 Å². The Labute approximate surface area is 260 Å². The topological polar surface area (TPSA) is 24.7 Å². The molecule has 0 bridgehead atoms. The Morgan fingerprint density at radius 2 is 0.952 bits per heavy atom. The van der Waals surface area contributed by atoms with Crippen LogP contribution in [-0.4, -0.2) is 11.4 Å². The summed E-state index contributed by atoms with van der Waals surface area (Å²) in [6.45, 7) is 13.7. The molecule has 0 heterocycles. The average molecular weight is 573 g/mol. The van der Waals surface area contributed by atoms with E-state index in [-0.39, 0.29) is 0 Å². The third-order valence-electron chi connectivity index (χ3n) is 8.54. The fraction of sp³-hybridized carbons (Fsp3) is 0.650. The first-order chi connectivity index (χ1) is 20.6. The summed E-state index contributed by atoms with van der Waals surface area (Å²) in [6.07, 6.45) is 24.4. The zero-order valence-electron chi connectivity index (χ0n) is 28.5. The van der Waals surface area contributed by atoms with E-state index in [4.69, 9.17) is 9.98 Å². The van der Waals surface area contributed by atoms with Gasteiger partial charge in [0.15, 0.2) is 0 Å². The molecule has 0 amide bonds. The van der Waals surface area contributed by atoms with Gasteiger partial charge in [-0.15, -0.1) is 0 Å². The minimum atomic E-state index is 1.00. The molecule has 0 aromatic heterocycles. The molecule has 2 aromatic carbocycles. The molecule has 42 heavy (non-hydrogen) atoms. The molecule has 0 aliphatic carbocycles. The predicted octanol–water partition coefficient (Wildman–Crippen LogP) is 13.1. The highest BCUT2D eigenvalue weighted by Crippen LogP contribution is 2.25. The summed E-state index contributed by atoms with van der Waals surface area (Å²) in [7, 11) is 0. The van der Waals surface area contributed by atoms with Crippen LogP contribution in [-0.2, 0) is 25.7 Å². The van der Waals surface area contributed by atoms with E-state index < -0.39 is 0 Å². The molecule has 0 spiro atoms. The van der Waals surface area contributed by atoms with Crippen molar-refractivity contribution < 1.29 is 0 Å². The summed E-state index contributed by atoms with van der Waals surface area (Å²) in [5, 5.41) is 0. The van der Waals surface area contributed by atoms with Crippen LogP contribution >= 0.6 is 0 Å². The number of nitrogens with zero attached hydrogens (tertiary/aromatic N) is 2. The maximum absolute atomic E-state index is 5.40. The number of benzene rings is 2. The second-order valence-corrected chi connectivity index (χ2v) is 12.3. The van der Waals surface area contributed by atoms with Crippen molar-refractivity contribution in [1.82, 2.24) is 0 Å². The third kappa shape index (κ3) is 13.8. The molecular weight excluding hydrogens is 508 g/mol. The first kappa shape index (κ1) is 36.0. The van der Waals surface area contributed by atoms with Gasteiger partial charge in [-0.05, 0) is 111 Å². The van der Waals surface area contributed by atoms with Gasteiger partial charge in [0.25, 0.3) is 0 Å². The van der Waals surface area contributed by atoms with E-state index in [1.807, 2.05) is 0 Å². The van der Waals surface area contributed by atoms with E-state index in [1.165, 1.54) is 124 Å². The highest BCUT2D eigenvalue weighted by molar-refractivity contribution is 6.43. The molecule has 0 radical (unpaired) electrons. The largest absolute Gasteiger partial charge is 0.252 e. The number of unbranched alkanes of at least 4 members (excludes halogenated alkanes) is 10. The van der Waals surface area contributed by atoms with E-state index >= 15 is 0 Å². The van der Waals surface area contributed by atoms with E-state index in [9.17, 15) is 0 Å². The van der Waals surface area contributed by atoms with E-state index in [0.717, 1.165) is 49.9 Å². The molecule has 0 saturated heterocycles. The molecule has 0 N–H and O–H groups in total. The van der Waals surface area contributed by atoms with Crippen molar-refractivity contribution in [2.24, 2.45) is 9.98 Å². The van der Waals surface area contributed by atoms with Gasteiger partial charge >= 0.3 is 0 Å². The lowest BCUT2D eigenvalue weighted by Gasteiger charge is -2.14. The molecular formula is C40H64N2. The van der Waals surface area contributed by atoms with E-state index in [2.05, 4.69) is 77.9 Å². The van der Waals surface area contributed by atoms with Crippen molar-refractivity contribution in [3.05, 3.63) is 58.7 Å². The lowest BCUT2D eigenvalue weighted by atomic mass is 9.97. The number of rotatable bonds is 23. The molecule has 0 atom stereocenters. The molecule has 0 aliphatic heterocycles. The number of aliphatic imine (C=N–C) groups is 2. The molecule has 2 nitrogen and oxygen atoms in total. The van der Waals surface area contributed by atoms with Crippen LogP contribution in [0.4, 0.5) is 11.4 Å². The maximum Gasteiger partial charge on any atom is 0.0639 e. The number of hydrogen-bond acceptors (Lipinski definition) is 2. The maximum atomic E-state index is 5.40. The van der Waals surface area contributed by atoms with E-state index in [0.29, 0.717) is 0 Å². The fourth-order valence-corrected chi connectivity index (χ4v) is 5.72. The van der Waals surface area contributed by atoms with Crippen molar-refractivity contribution >= 4 is 22.8 Å². The van der Waals surface area contributed by atoms with Crippen LogP contribution in [0.25, 0.3) is 0 Å². The summed E-state index contributed by atoms with van der Waals surface area (Å²) >= 11 is 0. The van der Waals surface area contributed by atoms with Crippen LogP contribution in [0.2, 0.25) is 0 Å². The lowest BCUT2D eigenvalue weighted by molar-refractivity contribution is 0.580. The van der Waals surface area contributed by atoms with Gasteiger partial charge in [0.2, 0.25) is 0 Å². The second kappa shape index (κ2) is 22.3. The Morgan fingerprint density at radius 3 is 1.52 bits per heavy atom. The first-order valence-corrected chi connectivity index (χ1v) is 18.0. The normalized spacial score (nSPS) is 12.3. The summed E-state index contributed by atoms with van der Waals surface area (Å²) in [5.41, 5.74) is 10.5. The zero-order valence-corrected chi connectivity index (χ0v) is 28.5. The van der Waals surface area contributed by atoms with Gasteiger partial charge in [0, 0.05) is 0 Å². The molecule has 0 aliphatic rings. The van der Waals surface area contributed by atoms with Crippen LogP contribution in [0, 0.1) is 0 Å². The Hall–Kier alpha value is -2.22. The van der Waals surface area contributed by atoms with Crippen molar-refractivity contribution in [3.8, 4) is 0 Å². The molecule has 2 rings (SSSR count). The number of hydrogen-bond donors (Lipinski definition) is 0. The smallest absolute Gasteiger partial charge is 0.0639 e. The molecule has 0 fully saturated rings. The van der Waals surface area contributed by atoms with Crippen molar-refractivity contribution in [2.45, 2.75) is 170 Å². The monoisotopic (exact) mass is 573 g/mol. The lowest BCUT2D eigenvalue weighted by Crippen LogP contribution is -2.14. The molecule has 0 unspecified atom stereocenters. The average Bonchev–Trinajstić information content (AvgIpc) is 3.01. The van der Waals surface area contributed by atoms with E-state index in [1.54, 1.807) is 0 Å². The molecule has 2 heteroatoms. The quantitative estimate of drug-likeness (QED) is 0.0934. The van der Waals surface area contributed by atoms with Crippen molar-refractivity contribution in [2.75, 3.05) is 0 Å². The standard InChI is InChI=1S/C40H64N2/c1-7-13-17-18-19-20-21-22-26-40(42-38-30-33(11-5)29-34(12-6)31-38)39(25-16-10-4)41-37-28-27-35(23-14-8-2)36(32-37)24-15-9-3/h27-32H,7-26H2,1-6H3. The summed E-state index contributed by atoms with van der Waals surface area (Å²) in [6, 6.07) is 14.0. The highest BCUT2D eigenvalue weighted by atomic mass is 14.8. The molecule has 0 saturated carbocycles. The second-order valence-electron chi connectivity index (χ2n) is 12.3.